The first-order valence-electron chi connectivity index (χ1n) is 10.6. The normalized spacial score (nSPS) is 18.6. The Hall–Kier alpha value is -2.58. The first-order valence-corrected chi connectivity index (χ1v) is 12.0. The first-order chi connectivity index (χ1) is 16.1. The predicted octanol–water partition coefficient (Wildman–Crippen LogP) is 3.66. The van der Waals surface area contributed by atoms with E-state index in [0.29, 0.717) is 30.7 Å². The highest BCUT2D eigenvalue weighted by Crippen LogP contribution is 2.50. The summed E-state index contributed by atoms with van der Waals surface area (Å²) in [6.07, 6.45) is -9.64. The van der Waals surface area contributed by atoms with Crippen molar-refractivity contribution in [1.29, 1.82) is 0 Å². The maximum Gasteiger partial charge on any atom is 0.430 e. The zero-order chi connectivity index (χ0) is 26.2. The third-order valence-electron chi connectivity index (χ3n) is 5.90. The van der Waals surface area contributed by atoms with Crippen LogP contribution in [-0.2, 0) is 15.6 Å². The summed E-state index contributed by atoms with van der Waals surface area (Å²) in [6.45, 7) is 2.10. The number of alkyl halides is 6. The fourth-order valence-corrected chi connectivity index (χ4v) is 5.46. The van der Waals surface area contributed by atoms with Crippen molar-refractivity contribution in [2.24, 2.45) is 0 Å². The number of piperazine rings is 1. The SMILES string of the molecule is CCCC1CN(S(=O)(=O)c2ccc(N)nc2)CCN1c1ccc(C(O)(C(F)(F)F)C(F)(F)F)cc1. The number of halogens is 6. The van der Waals surface area contributed by atoms with Crippen molar-refractivity contribution in [3.8, 4) is 0 Å². The number of rotatable bonds is 6. The van der Waals surface area contributed by atoms with Gasteiger partial charge in [-0.3, -0.25) is 0 Å². The Balaban J connectivity index is 1.87. The highest BCUT2D eigenvalue weighted by Gasteiger charge is 2.71. The second kappa shape index (κ2) is 9.47. The van der Waals surface area contributed by atoms with E-state index in [1.807, 2.05) is 6.92 Å². The van der Waals surface area contributed by atoms with Crippen molar-refractivity contribution in [2.75, 3.05) is 30.3 Å². The van der Waals surface area contributed by atoms with Gasteiger partial charge < -0.3 is 15.7 Å². The minimum Gasteiger partial charge on any atom is -0.384 e. The van der Waals surface area contributed by atoms with E-state index in [0.717, 1.165) is 18.3 Å². The summed E-state index contributed by atoms with van der Waals surface area (Å²) in [5.74, 6) is 0.157. The molecule has 2 heterocycles. The average Bonchev–Trinajstić information content (AvgIpc) is 2.77. The molecule has 0 spiro atoms. The zero-order valence-corrected chi connectivity index (χ0v) is 19.3. The van der Waals surface area contributed by atoms with Crippen molar-refractivity contribution in [3.63, 3.8) is 0 Å². The Kier molecular flexibility index (Phi) is 7.31. The van der Waals surface area contributed by atoms with Crippen LogP contribution in [0.3, 0.4) is 0 Å². The van der Waals surface area contributed by atoms with Crippen LogP contribution >= 0.6 is 0 Å². The number of aliphatic hydroxyl groups is 1. The average molecular weight is 527 g/mol. The zero-order valence-electron chi connectivity index (χ0n) is 18.5. The van der Waals surface area contributed by atoms with Gasteiger partial charge in [0, 0.05) is 43.1 Å². The monoisotopic (exact) mass is 526 g/mol. The highest BCUT2D eigenvalue weighted by atomic mass is 32.2. The molecule has 1 saturated heterocycles. The Bertz CT molecular complexity index is 1110. The van der Waals surface area contributed by atoms with Gasteiger partial charge in [0.1, 0.15) is 10.7 Å². The van der Waals surface area contributed by atoms with Crippen LogP contribution in [0.5, 0.6) is 0 Å². The maximum atomic E-state index is 13.2. The Morgan fingerprint density at radius 1 is 1.03 bits per heavy atom. The maximum absolute atomic E-state index is 13.2. The van der Waals surface area contributed by atoms with Crippen LogP contribution in [0.4, 0.5) is 37.8 Å². The van der Waals surface area contributed by atoms with E-state index in [1.165, 1.54) is 16.4 Å². The fourth-order valence-electron chi connectivity index (χ4n) is 4.04. The molecule has 7 nitrogen and oxygen atoms in total. The standard InChI is InChI=1S/C21H24F6N4O3S/c1-2-3-16-13-30(35(33,34)17-8-9-18(28)29-12-17)10-11-31(16)15-6-4-14(5-7-15)19(32,20(22,23)24)21(25,26)27/h4-9,12,16,32H,2-3,10-11,13H2,1H3,(H2,28,29). The second-order valence-corrected chi connectivity index (χ2v) is 10.1. The van der Waals surface area contributed by atoms with Gasteiger partial charge in [-0.2, -0.15) is 30.6 Å². The van der Waals surface area contributed by atoms with Gasteiger partial charge in [0.15, 0.2) is 0 Å². The smallest absolute Gasteiger partial charge is 0.384 e. The van der Waals surface area contributed by atoms with Crippen molar-refractivity contribution in [2.45, 2.75) is 48.7 Å². The molecule has 1 aromatic heterocycles. The van der Waals surface area contributed by atoms with Crippen LogP contribution in [0.15, 0.2) is 47.5 Å². The van der Waals surface area contributed by atoms with E-state index in [2.05, 4.69) is 4.98 Å². The topological polar surface area (TPSA) is 99.8 Å². The molecule has 0 bridgehead atoms. The summed E-state index contributed by atoms with van der Waals surface area (Å²) in [4.78, 5) is 5.50. The molecular formula is C21H24F6N4O3S. The van der Waals surface area contributed by atoms with Crippen LogP contribution < -0.4 is 10.6 Å². The molecule has 1 aliphatic rings. The minimum atomic E-state index is -5.98. The van der Waals surface area contributed by atoms with Crippen molar-refractivity contribution in [1.82, 2.24) is 9.29 Å². The van der Waals surface area contributed by atoms with Crippen LogP contribution in [0, 0.1) is 0 Å². The molecule has 0 radical (unpaired) electrons. The lowest BCUT2D eigenvalue weighted by atomic mass is 9.92. The number of nitrogens with two attached hydrogens (primary N) is 1. The molecule has 1 aromatic carbocycles. The molecule has 14 heteroatoms. The molecule has 1 unspecified atom stereocenters. The number of nitrogens with zero attached hydrogens (tertiary/aromatic N) is 3. The number of nitrogen functional groups attached to an aromatic ring is 1. The second-order valence-electron chi connectivity index (χ2n) is 8.17. The molecule has 0 amide bonds. The quantitative estimate of drug-likeness (QED) is 0.558. The summed E-state index contributed by atoms with van der Waals surface area (Å²) >= 11 is 0. The fraction of sp³-hybridized carbons (Fsp3) is 0.476. The molecule has 1 aliphatic heterocycles. The summed E-state index contributed by atoms with van der Waals surface area (Å²) in [7, 11) is -3.89. The molecule has 1 atom stereocenters. The number of hydrogen-bond acceptors (Lipinski definition) is 6. The summed E-state index contributed by atoms with van der Waals surface area (Å²) in [5, 5.41) is 9.59. The van der Waals surface area contributed by atoms with Gasteiger partial charge in [0.25, 0.3) is 5.60 Å². The summed E-state index contributed by atoms with van der Waals surface area (Å²) in [5.41, 5.74) is -0.548. The van der Waals surface area contributed by atoms with E-state index in [1.54, 1.807) is 4.90 Å². The Morgan fingerprint density at radius 3 is 2.11 bits per heavy atom. The third kappa shape index (κ3) is 5.05. The lowest BCUT2D eigenvalue weighted by Crippen LogP contribution is -2.55. The number of aromatic nitrogens is 1. The lowest BCUT2D eigenvalue weighted by Gasteiger charge is -2.42. The number of benzene rings is 1. The van der Waals surface area contributed by atoms with Gasteiger partial charge in [-0.1, -0.05) is 25.5 Å². The first kappa shape index (κ1) is 27.0. The molecule has 35 heavy (non-hydrogen) atoms. The molecule has 3 rings (SSSR count). The lowest BCUT2D eigenvalue weighted by molar-refractivity contribution is -0.376. The number of pyridine rings is 1. The third-order valence-corrected chi connectivity index (χ3v) is 7.75. The van der Waals surface area contributed by atoms with E-state index < -0.39 is 33.5 Å². The predicted molar refractivity (Wildman–Crippen MR) is 116 cm³/mol. The Labute approximate surface area is 198 Å². The largest absolute Gasteiger partial charge is 0.430 e. The van der Waals surface area contributed by atoms with Crippen molar-refractivity contribution in [3.05, 3.63) is 48.2 Å². The molecular weight excluding hydrogens is 502 g/mol. The number of sulfonamides is 1. The van der Waals surface area contributed by atoms with Gasteiger partial charge >= 0.3 is 12.4 Å². The van der Waals surface area contributed by atoms with Gasteiger partial charge in [-0.25, -0.2) is 13.4 Å². The molecule has 1 fully saturated rings. The van der Waals surface area contributed by atoms with Crippen LogP contribution in [-0.4, -0.2) is 60.8 Å². The van der Waals surface area contributed by atoms with Gasteiger partial charge in [0.05, 0.1) is 0 Å². The molecule has 194 valence electrons. The van der Waals surface area contributed by atoms with Gasteiger partial charge in [0.2, 0.25) is 10.0 Å². The molecule has 0 saturated carbocycles. The summed E-state index contributed by atoms with van der Waals surface area (Å²) in [6, 6.07) is 5.60. The van der Waals surface area contributed by atoms with Crippen LogP contribution in [0.25, 0.3) is 0 Å². The molecule has 3 N–H and O–H groups in total. The van der Waals surface area contributed by atoms with Crippen LogP contribution in [0.2, 0.25) is 0 Å². The van der Waals surface area contributed by atoms with Gasteiger partial charge in [-0.15, -0.1) is 0 Å². The van der Waals surface area contributed by atoms with Crippen molar-refractivity contribution < 1.29 is 39.9 Å². The van der Waals surface area contributed by atoms with E-state index in [9.17, 15) is 39.9 Å². The summed E-state index contributed by atoms with van der Waals surface area (Å²) < 4.78 is 106. The van der Waals surface area contributed by atoms with Crippen molar-refractivity contribution >= 4 is 21.5 Å². The highest BCUT2D eigenvalue weighted by molar-refractivity contribution is 7.89. The molecule has 2 aromatic rings. The van der Waals surface area contributed by atoms with Gasteiger partial charge in [-0.05, 0) is 30.7 Å². The van der Waals surface area contributed by atoms with E-state index >= 15 is 0 Å². The number of hydrogen-bond donors (Lipinski definition) is 2. The Morgan fingerprint density at radius 2 is 1.63 bits per heavy atom. The van der Waals surface area contributed by atoms with Crippen LogP contribution in [0.1, 0.15) is 25.3 Å². The van der Waals surface area contributed by atoms with E-state index in [-0.39, 0.29) is 36.4 Å². The van der Waals surface area contributed by atoms with E-state index in [4.69, 9.17) is 5.73 Å². The molecule has 0 aliphatic carbocycles. The number of anilines is 2. The minimum absolute atomic E-state index is 0.0315.